The van der Waals surface area contributed by atoms with Gasteiger partial charge in [-0.1, -0.05) is 0 Å². The lowest BCUT2D eigenvalue weighted by Crippen LogP contribution is -2.38. The van der Waals surface area contributed by atoms with Crippen molar-refractivity contribution in [2.24, 2.45) is 5.10 Å². The van der Waals surface area contributed by atoms with Gasteiger partial charge in [-0.15, -0.1) is 11.3 Å². The molecule has 1 aromatic heterocycles. The fourth-order valence-electron chi connectivity index (χ4n) is 2.79. The average Bonchev–Trinajstić information content (AvgIpc) is 3.16. The molecule has 0 radical (unpaired) electrons. The van der Waals surface area contributed by atoms with Gasteiger partial charge in [0.05, 0.1) is 32.1 Å². The van der Waals surface area contributed by atoms with Gasteiger partial charge in [0.25, 0.3) is 5.91 Å². The standard InChI is InChI=1S/C20H25N3O4S/c1-15-11-17(14-28-15)20(24)22-21-13-16-3-4-18(19(12-16)25-2)27-10-7-23-5-8-26-9-6-23/h3-4,11-14H,5-10H2,1-2H3,(H,22,24)/b21-13-. The number of hydrogen-bond acceptors (Lipinski definition) is 7. The molecule has 0 unspecified atom stereocenters. The summed E-state index contributed by atoms with van der Waals surface area (Å²) in [7, 11) is 1.60. The number of benzene rings is 1. The Morgan fingerprint density at radius 3 is 2.86 bits per heavy atom. The number of nitrogens with one attached hydrogen (secondary N) is 1. The van der Waals surface area contributed by atoms with Crippen molar-refractivity contribution in [1.29, 1.82) is 0 Å². The minimum Gasteiger partial charge on any atom is -0.493 e. The van der Waals surface area contributed by atoms with Crippen molar-refractivity contribution >= 4 is 23.5 Å². The van der Waals surface area contributed by atoms with Crippen LogP contribution in [0.2, 0.25) is 0 Å². The summed E-state index contributed by atoms with van der Waals surface area (Å²) in [4.78, 5) is 15.4. The Hall–Kier alpha value is -2.42. The van der Waals surface area contributed by atoms with Crippen molar-refractivity contribution in [3.05, 3.63) is 45.6 Å². The highest BCUT2D eigenvalue weighted by Gasteiger charge is 2.11. The van der Waals surface area contributed by atoms with Crippen molar-refractivity contribution in [3.63, 3.8) is 0 Å². The number of ether oxygens (including phenoxy) is 3. The molecule has 1 N–H and O–H groups in total. The van der Waals surface area contributed by atoms with Gasteiger partial charge in [0, 0.05) is 29.9 Å². The molecule has 8 heteroatoms. The minimum atomic E-state index is -0.226. The molecule has 2 heterocycles. The van der Waals surface area contributed by atoms with E-state index in [1.165, 1.54) is 11.3 Å². The number of rotatable bonds is 8. The molecule has 1 amide bonds. The average molecular weight is 404 g/mol. The third kappa shape index (κ3) is 5.79. The van der Waals surface area contributed by atoms with Crippen LogP contribution in [-0.2, 0) is 4.74 Å². The molecular formula is C20H25N3O4S. The smallest absolute Gasteiger partial charge is 0.272 e. The topological polar surface area (TPSA) is 72.4 Å². The largest absolute Gasteiger partial charge is 0.493 e. The van der Waals surface area contributed by atoms with Crippen molar-refractivity contribution in [1.82, 2.24) is 10.3 Å². The van der Waals surface area contributed by atoms with Gasteiger partial charge in [-0.3, -0.25) is 9.69 Å². The number of methoxy groups -OCH3 is 1. The van der Waals surface area contributed by atoms with Crippen molar-refractivity contribution in [3.8, 4) is 11.5 Å². The second-order valence-electron chi connectivity index (χ2n) is 6.36. The molecule has 7 nitrogen and oxygen atoms in total. The number of hydrazone groups is 1. The van der Waals surface area contributed by atoms with Crippen LogP contribution in [0.5, 0.6) is 11.5 Å². The van der Waals surface area contributed by atoms with Crippen LogP contribution < -0.4 is 14.9 Å². The normalized spacial score (nSPS) is 14.9. The third-order valence-electron chi connectivity index (χ3n) is 4.33. The molecule has 2 aromatic rings. The Labute approximate surface area is 168 Å². The number of carbonyl (C=O) groups is 1. The van der Waals surface area contributed by atoms with Gasteiger partial charge in [0.1, 0.15) is 6.61 Å². The summed E-state index contributed by atoms with van der Waals surface area (Å²) in [5, 5.41) is 5.83. The number of aryl methyl sites for hydroxylation is 1. The fraction of sp³-hybridized carbons (Fsp3) is 0.400. The Morgan fingerprint density at radius 1 is 1.32 bits per heavy atom. The second-order valence-corrected chi connectivity index (χ2v) is 7.47. The Balaban J connectivity index is 1.52. The molecule has 28 heavy (non-hydrogen) atoms. The van der Waals surface area contributed by atoms with E-state index in [9.17, 15) is 4.79 Å². The van der Waals surface area contributed by atoms with Crippen LogP contribution in [-0.4, -0.2) is 63.6 Å². The molecule has 1 aliphatic rings. The number of amides is 1. The Kier molecular flexibility index (Phi) is 7.41. The zero-order chi connectivity index (χ0) is 19.8. The first-order chi connectivity index (χ1) is 13.7. The van der Waals surface area contributed by atoms with E-state index in [4.69, 9.17) is 14.2 Å². The van der Waals surface area contributed by atoms with Crippen LogP contribution >= 0.6 is 11.3 Å². The van der Waals surface area contributed by atoms with Crippen LogP contribution in [0, 0.1) is 6.92 Å². The molecule has 0 bridgehead atoms. The van der Waals surface area contributed by atoms with Crippen LogP contribution in [0.1, 0.15) is 20.8 Å². The molecule has 0 atom stereocenters. The monoisotopic (exact) mass is 403 g/mol. The van der Waals surface area contributed by atoms with E-state index < -0.39 is 0 Å². The zero-order valence-electron chi connectivity index (χ0n) is 16.1. The highest BCUT2D eigenvalue weighted by Crippen LogP contribution is 2.27. The summed E-state index contributed by atoms with van der Waals surface area (Å²) < 4.78 is 16.6. The summed E-state index contributed by atoms with van der Waals surface area (Å²) in [6.45, 7) is 6.82. The molecule has 1 saturated heterocycles. The lowest BCUT2D eigenvalue weighted by atomic mass is 10.2. The fourth-order valence-corrected chi connectivity index (χ4v) is 3.47. The predicted molar refractivity (Wildman–Crippen MR) is 110 cm³/mol. The van der Waals surface area contributed by atoms with Gasteiger partial charge in [0.2, 0.25) is 0 Å². The van der Waals surface area contributed by atoms with Gasteiger partial charge in [0.15, 0.2) is 11.5 Å². The Morgan fingerprint density at radius 2 is 2.14 bits per heavy atom. The van der Waals surface area contributed by atoms with Gasteiger partial charge < -0.3 is 14.2 Å². The van der Waals surface area contributed by atoms with E-state index in [2.05, 4.69) is 15.4 Å². The zero-order valence-corrected chi connectivity index (χ0v) is 17.0. The number of hydrogen-bond donors (Lipinski definition) is 1. The molecule has 3 rings (SSSR count). The van der Waals surface area contributed by atoms with Crippen LogP contribution in [0.15, 0.2) is 34.7 Å². The van der Waals surface area contributed by atoms with Gasteiger partial charge >= 0.3 is 0 Å². The number of thiophene rings is 1. The molecule has 1 fully saturated rings. The number of nitrogens with zero attached hydrogens (tertiary/aromatic N) is 2. The molecular weight excluding hydrogens is 378 g/mol. The molecule has 0 spiro atoms. The molecule has 1 aromatic carbocycles. The summed E-state index contributed by atoms with van der Waals surface area (Å²) in [6, 6.07) is 7.39. The first-order valence-electron chi connectivity index (χ1n) is 9.15. The van der Waals surface area contributed by atoms with Crippen molar-refractivity contribution in [2.75, 3.05) is 46.6 Å². The Bertz CT molecular complexity index is 816. The number of morpholine rings is 1. The first-order valence-corrected chi connectivity index (χ1v) is 10.0. The van der Waals surface area contributed by atoms with E-state index in [0.717, 1.165) is 43.3 Å². The summed E-state index contributed by atoms with van der Waals surface area (Å²) >= 11 is 1.53. The molecule has 1 aliphatic heterocycles. The van der Waals surface area contributed by atoms with E-state index in [0.29, 0.717) is 23.7 Å². The predicted octanol–water partition coefficient (Wildman–Crippen LogP) is 2.54. The quantitative estimate of drug-likeness (QED) is 0.542. The highest BCUT2D eigenvalue weighted by atomic mass is 32.1. The van der Waals surface area contributed by atoms with Crippen molar-refractivity contribution in [2.45, 2.75) is 6.92 Å². The van der Waals surface area contributed by atoms with E-state index in [1.807, 2.05) is 36.6 Å². The SMILES string of the molecule is COc1cc(/C=N\NC(=O)c2csc(C)c2)ccc1OCCN1CCOCC1. The molecule has 0 aliphatic carbocycles. The van der Waals surface area contributed by atoms with E-state index in [-0.39, 0.29) is 5.91 Å². The number of carbonyl (C=O) groups excluding carboxylic acids is 1. The second kappa shape index (κ2) is 10.2. The van der Waals surface area contributed by atoms with Crippen LogP contribution in [0.4, 0.5) is 0 Å². The van der Waals surface area contributed by atoms with Crippen LogP contribution in [0.3, 0.4) is 0 Å². The van der Waals surface area contributed by atoms with E-state index >= 15 is 0 Å². The van der Waals surface area contributed by atoms with Gasteiger partial charge in [-0.25, -0.2) is 5.43 Å². The summed E-state index contributed by atoms with van der Waals surface area (Å²) in [5.74, 6) is 1.09. The first kappa shape index (κ1) is 20.3. The lowest BCUT2D eigenvalue weighted by molar-refractivity contribution is 0.0321. The third-order valence-corrected chi connectivity index (χ3v) is 5.19. The van der Waals surface area contributed by atoms with E-state index in [1.54, 1.807) is 13.3 Å². The maximum Gasteiger partial charge on any atom is 0.272 e. The lowest BCUT2D eigenvalue weighted by Gasteiger charge is -2.26. The highest BCUT2D eigenvalue weighted by molar-refractivity contribution is 7.10. The summed E-state index contributed by atoms with van der Waals surface area (Å²) in [6.07, 6.45) is 1.58. The van der Waals surface area contributed by atoms with Crippen LogP contribution in [0.25, 0.3) is 0 Å². The maximum atomic E-state index is 12.0. The molecule has 150 valence electrons. The summed E-state index contributed by atoms with van der Waals surface area (Å²) in [5.41, 5.74) is 3.95. The molecule has 0 saturated carbocycles. The maximum absolute atomic E-state index is 12.0. The minimum absolute atomic E-state index is 0.226. The van der Waals surface area contributed by atoms with Crippen molar-refractivity contribution < 1.29 is 19.0 Å². The van der Waals surface area contributed by atoms with Gasteiger partial charge in [-0.05, 0) is 36.8 Å². The van der Waals surface area contributed by atoms with Gasteiger partial charge in [-0.2, -0.15) is 5.10 Å².